The van der Waals surface area contributed by atoms with Gasteiger partial charge in [0.05, 0.1) is 5.02 Å². The highest BCUT2D eigenvalue weighted by molar-refractivity contribution is 6.33. The van der Waals surface area contributed by atoms with E-state index in [0.717, 1.165) is 23.6 Å². The smallest absolute Gasteiger partial charge is 0.155 e. The van der Waals surface area contributed by atoms with Gasteiger partial charge in [-0.25, -0.2) is 4.98 Å². The Morgan fingerprint density at radius 3 is 2.36 bits per heavy atom. The number of hydrogen-bond donors (Lipinski definition) is 0. The lowest BCUT2D eigenvalue weighted by Crippen LogP contribution is -2.19. The summed E-state index contributed by atoms with van der Waals surface area (Å²) in [6.45, 7) is 0.761. The number of halogens is 1. The second kappa shape index (κ2) is 6.58. The lowest BCUT2D eigenvalue weighted by molar-refractivity contribution is 0.892. The summed E-state index contributed by atoms with van der Waals surface area (Å²) < 4.78 is 0. The first-order valence-corrected chi connectivity index (χ1v) is 7.44. The summed E-state index contributed by atoms with van der Waals surface area (Å²) in [6.07, 6.45) is 3.40. The number of aromatic nitrogens is 2. The van der Waals surface area contributed by atoms with Gasteiger partial charge in [-0.2, -0.15) is 0 Å². The van der Waals surface area contributed by atoms with E-state index in [-0.39, 0.29) is 0 Å². The number of hydrogen-bond acceptors (Lipinski definition) is 3. The highest BCUT2D eigenvalue weighted by atomic mass is 35.5. The molecular formula is C18H16ClN3. The Morgan fingerprint density at radius 1 is 0.909 bits per heavy atom. The van der Waals surface area contributed by atoms with Crippen LogP contribution in [0.25, 0.3) is 11.3 Å². The van der Waals surface area contributed by atoms with Crippen molar-refractivity contribution in [1.29, 1.82) is 0 Å². The molecule has 1 aromatic heterocycles. The molecule has 3 rings (SSSR count). The maximum absolute atomic E-state index is 6.31. The Morgan fingerprint density at radius 2 is 1.59 bits per heavy atom. The van der Waals surface area contributed by atoms with Gasteiger partial charge >= 0.3 is 0 Å². The molecule has 3 nitrogen and oxygen atoms in total. The van der Waals surface area contributed by atoms with E-state index < -0.39 is 0 Å². The van der Waals surface area contributed by atoms with Crippen LogP contribution in [0.3, 0.4) is 0 Å². The van der Waals surface area contributed by atoms with E-state index in [1.165, 1.54) is 5.56 Å². The first-order valence-electron chi connectivity index (χ1n) is 7.06. The third kappa shape index (κ3) is 3.10. The van der Waals surface area contributed by atoms with Crippen LogP contribution in [-0.2, 0) is 6.54 Å². The topological polar surface area (TPSA) is 29.0 Å². The van der Waals surface area contributed by atoms with Gasteiger partial charge in [-0.1, -0.05) is 60.1 Å². The molecule has 3 aromatic rings. The summed E-state index contributed by atoms with van der Waals surface area (Å²) in [4.78, 5) is 11.1. The average Bonchev–Trinajstić information content (AvgIpc) is 2.56. The van der Waals surface area contributed by atoms with Crippen LogP contribution in [0.5, 0.6) is 0 Å². The summed E-state index contributed by atoms with van der Waals surface area (Å²) >= 11 is 6.31. The van der Waals surface area contributed by atoms with Crippen LogP contribution >= 0.6 is 11.6 Å². The molecule has 0 aliphatic heterocycles. The fourth-order valence-corrected chi connectivity index (χ4v) is 2.61. The van der Waals surface area contributed by atoms with E-state index in [2.05, 4.69) is 27.0 Å². The lowest BCUT2D eigenvalue weighted by atomic mass is 10.1. The van der Waals surface area contributed by atoms with Crippen molar-refractivity contribution in [3.8, 4) is 11.3 Å². The molecule has 110 valence electrons. The molecule has 2 aromatic carbocycles. The predicted octanol–water partition coefficient (Wildman–Crippen LogP) is 4.43. The van der Waals surface area contributed by atoms with Crippen molar-refractivity contribution in [2.45, 2.75) is 6.54 Å². The third-order valence-electron chi connectivity index (χ3n) is 3.43. The molecule has 0 saturated heterocycles. The minimum Gasteiger partial charge on any atom is -0.354 e. The van der Waals surface area contributed by atoms with E-state index >= 15 is 0 Å². The molecule has 22 heavy (non-hydrogen) atoms. The first kappa shape index (κ1) is 14.5. The van der Waals surface area contributed by atoms with E-state index in [0.29, 0.717) is 5.02 Å². The van der Waals surface area contributed by atoms with Crippen molar-refractivity contribution < 1.29 is 0 Å². The van der Waals surface area contributed by atoms with Crippen molar-refractivity contribution >= 4 is 17.4 Å². The van der Waals surface area contributed by atoms with Crippen LogP contribution in [0.2, 0.25) is 5.02 Å². The lowest BCUT2D eigenvalue weighted by Gasteiger charge is -2.21. The Kier molecular flexibility index (Phi) is 4.35. The molecule has 0 bridgehead atoms. The van der Waals surface area contributed by atoms with Gasteiger partial charge in [0.1, 0.15) is 5.69 Å². The van der Waals surface area contributed by atoms with E-state index in [4.69, 9.17) is 11.6 Å². The molecule has 0 unspecified atom stereocenters. The zero-order valence-corrected chi connectivity index (χ0v) is 13.0. The minimum atomic E-state index is 0.678. The minimum absolute atomic E-state index is 0.678. The van der Waals surface area contributed by atoms with Crippen LogP contribution < -0.4 is 4.90 Å². The summed E-state index contributed by atoms with van der Waals surface area (Å²) in [5, 5.41) is 0.678. The number of rotatable bonds is 4. The monoisotopic (exact) mass is 309 g/mol. The molecule has 0 N–H and O–H groups in total. The quantitative estimate of drug-likeness (QED) is 0.713. The largest absolute Gasteiger partial charge is 0.354 e. The van der Waals surface area contributed by atoms with Gasteiger partial charge in [0.25, 0.3) is 0 Å². The van der Waals surface area contributed by atoms with Gasteiger partial charge < -0.3 is 4.90 Å². The fraction of sp³-hybridized carbons (Fsp3) is 0.111. The Balaban J connectivity index is 1.96. The summed E-state index contributed by atoms with van der Waals surface area (Å²) in [5.74, 6) is 0.819. The number of benzene rings is 2. The number of anilines is 1. The Bertz CT molecular complexity index is 759. The molecule has 0 fully saturated rings. The van der Waals surface area contributed by atoms with Crippen molar-refractivity contribution in [2.24, 2.45) is 0 Å². The predicted molar refractivity (Wildman–Crippen MR) is 91.0 cm³/mol. The molecular weight excluding hydrogens is 294 g/mol. The highest BCUT2D eigenvalue weighted by Crippen LogP contribution is 2.31. The molecule has 4 heteroatoms. The molecule has 0 aliphatic rings. The maximum atomic E-state index is 6.31. The van der Waals surface area contributed by atoms with Gasteiger partial charge in [-0.15, -0.1) is 0 Å². The second-order valence-corrected chi connectivity index (χ2v) is 5.46. The highest BCUT2D eigenvalue weighted by Gasteiger charge is 2.14. The SMILES string of the molecule is CN(Cc1ccccc1)c1nccnc1-c1ccccc1Cl. The van der Waals surface area contributed by atoms with Gasteiger partial charge in [0.15, 0.2) is 5.82 Å². The van der Waals surface area contributed by atoms with Crippen LogP contribution in [0.1, 0.15) is 5.56 Å². The van der Waals surface area contributed by atoms with Gasteiger partial charge in [-0.05, 0) is 11.6 Å². The van der Waals surface area contributed by atoms with E-state index in [9.17, 15) is 0 Å². The fourth-order valence-electron chi connectivity index (χ4n) is 2.39. The van der Waals surface area contributed by atoms with E-state index in [1.807, 2.05) is 49.5 Å². The zero-order valence-electron chi connectivity index (χ0n) is 12.3. The Hall–Kier alpha value is -2.39. The molecule has 0 amide bonds. The normalized spacial score (nSPS) is 10.5. The van der Waals surface area contributed by atoms with Crippen molar-refractivity contribution in [3.63, 3.8) is 0 Å². The van der Waals surface area contributed by atoms with Gasteiger partial charge in [0, 0.05) is 31.5 Å². The molecule has 1 heterocycles. The van der Waals surface area contributed by atoms with Crippen LogP contribution in [-0.4, -0.2) is 17.0 Å². The number of nitrogens with zero attached hydrogens (tertiary/aromatic N) is 3. The van der Waals surface area contributed by atoms with Gasteiger partial charge in [0.2, 0.25) is 0 Å². The van der Waals surface area contributed by atoms with E-state index in [1.54, 1.807) is 12.4 Å². The summed E-state index contributed by atoms with van der Waals surface area (Å²) in [5.41, 5.74) is 2.92. The zero-order chi connectivity index (χ0) is 15.4. The van der Waals surface area contributed by atoms with Gasteiger partial charge in [-0.3, -0.25) is 4.98 Å². The van der Waals surface area contributed by atoms with Crippen LogP contribution in [0.15, 0.2) is 67.0 Å². The summed E-state index contributed by atoms with van der Waals surface area (Å²) in [6, 6.07) is 18.0. The molecule has 0 radical (unpaired) electrons. The standard InChI is InChI=1S/C18H16ClN3/c1-22(13-14-7-3-2-4-8-14)18-17(20-11-12-21-18)15-9-5-6-10-16(15)19/h2-12H,13H2,1H3. The second-order valence-electron chi connectivity index (χ2n) is 5.05. The molecule has 0 aliphatic carbocycles. The Labute approximate surface area is 135 Å². The third-order valence-corrected chi connectivity index (χ3v) is 3.76. The van der Waals surface area contributed by atoms with Crippen molar-refractivity contribution in [3.05, 3.63) is 77.6 Å². The maximum Gasteiger partial charge on any atom is 0.155 e. The molecule has 0 spiro atoms. The summed E-state index contributed by atoms with van der Waals surface area (Å²) in [7, 11) is 2.01. The first-order chi connectivity index (χ1) is 10.8. The average molecular weight is 310 g/mol. The van der Waals surface area contributed by atoms with Crippen LogP contribution in [0, 0.1) is 0 Å². The molecule has 0 atom stereocenters. The van der Waals surface area contributed by atoms with Crippen LogP contribution in [0.4, 0.5) is 5.82 Å². The molecule has 0 saturated carbocycles. The van der Waals surface area contributed by atoms with Crippen molar-refractivity contribution in [2.75, 3.05) is 11.9 Å². The van der Waals surface area contributed by atoms with Crippen molar-refractivity contribution in [1.82, 2.24) is 9.97 Å².